The SMILES string of the molecule is CC(C)(C)C(CCO)Nc1ccc(C#N)cc1Br. The van der Waals surface area contributed by atoms with Crippen molar-refractivity contribution in [3.05, 3.63) is 28.2 Å². The van der Waals surface area contributed by atoms with Gasteiger partial charge in [-0.25, -0.2) is 0 Å². The maximum Gasteiger partial charge on any atom is 0.0992 e. The molecule has 0 heterocycles. The average molecular weight is 311 g/mol. The highest BCUT2D eigenvalue weighted by molar-refractivity contribution is 9.10. The smallest absolute Gasteiger partial charge is 0.0992 e. The van der Waals surface area contributed by atoms with Crippen LogP contribution in [-0.2, 0) is 0 Å². The predicted molar refractivity (Wildman–Crippen MR) is 77.4 cm³/mol. The van der Waals surface area contributed by atoms with E-state index in [2.05, 4.69) is 48.1 Å². The van der Waals surface area contributed by atoms with Gasteiger partial charge in [-0.1, -0.05) is 20.8 Å². The molecule has 0 aliphatic rings. The van der Waals surface area contributed by atoms with E-state index in [1.807, 2.05) is 6.07 Å². The molecule has 18 heavy (non-hydrogen) atoms. The van der Waals surface area contributed by atoms with Crippen LogP contribution in [0.4, 0.5) is 5.69 Å². The molecule has 0 aliphatic carbocycles. The zero-order chi connectivity index (χ0) is 13.8. The fourth-order valence-corrected chi connectivity index (χ4v) is 2.23. The van der Waals surface area contributed by atoms with E-state index in [4.69, 9.17) is 10.4 Å². The van der Waals surface area contributed by atoms with Crippen molar-refractivity contribution in [1.82, 2.24) is 0 Å². The molecule has 0 aromatic heterocycles. The molecule has 3 nitrogen and oxygen atoms in total. The molecule has 0 radical (unpaired) electrons. The largest absolute Gasteiger partial charge is 0.396 e. The quantitative estimate of drug-likeness (QED) is 0.894. The zero-order valence-corrected chi connectivity index (χ0v) is 12.6. The van der Waals surface area contributed by atoms with Gasteiger partial charge in [-0.05, 0) is 46.0 Å². The molecular formula is C14H19BrN2O. The Labute approximate surface area is 117 Å². The van der Waals surface area contributed by atoms with Crippen molar-refractivity contribution in [2.75, 3.05) is 11.9 Å². The monoisotopic (exact) mass is 310 g/mol. The van der Waals surface area contributed by atoms with Crippen LogP contribution >= 0.6 is 15.9 Å². The first-order valence-electron chi connectivity index (χ1n) is 5.95. The van der Waals surface area contributed by atoms with Gasteiger partial charge in [0.25, 0.3) is 0 Å². The molecular weight excluding hydrogens is 292 g/mol. The van der Waals surface area contributed by atoms with Gasteiger partial charge in [-0.3, -0.25) is 0 Å². The van der Waals surface area contributed by atoms with E-state index in [-0.39, 0.29) is 18.1 Å². The van der Waals surface area contributed by atoms with Crippen LogP contribution in [-0.4, -0.2) is 17.8 Å². The number of rotatable bonds is 4. The third kappa shape index (κ3) is 4.01. The summed E-state index contributed by atoms with van der Waals surface area (Å²) in [6, 6.07) is 7.74. The Morgan fingerprint density at radius 2 is 2.11 bits per heavy atom. The number of nitrogens with one attached hydrogen (secondary N) is 1. The van der Waals surface area contributed by atoms with Gasteiger partial charge in [0, 0.05) is 22.8 Å². The summed E-state index contributed by atoms with van der Waals surface area (Å²) in [5.74, 6) is 0. The molecule has 0 spiro atoms. The van der Waals surface area contributed by atoms with E-state index in [1.165, 1.54) is 0 Å². The number of halogens is 1. The highest BCUT2D eigenvalue weighted by atomic mass is 79.9. The van der Waals surface area contributed by atoms with Crippen molar-refractivity contribution in [2.45, 2.75) is 33.2 Å². The molecule has 0 aliphatic heterocycles. The Kier molecular flexibility index (Phi) is 5.18. The molecule has 0 saturated heterocycles. The van der Waals surface area contributed by atoms with Crippen molar-refractivity contribution in [3.63, 3.8) is 0 Å². The Hall–Kier alpha value is -1.05. The van der Waals surface area contributed by atoms with Gasteiger partial charge >= 0.3 is 0 Å². The Bertz CT molecular complexity index is 446. The first-order valence-corrected chi connectivity index (χ1v) is 6.75. The van der Waals surface area contributed by atoms with Gasteiger partial charge < -0.3 is 10.4 Å². The Balaban J connectivity index is 2.91. The summed E-state index contributed by atoms with van der Waals surface area (Å²) in [7, 11) is 0. The standard InChI is InChI=1S/C14H19BrN2O/c1-14(2,3)13(6-7-18)17-12-5-4-10(9-16)8-11(12)15/h4-5,8,13,17-18H,6-7H2,1-3H3. The lowest BCUT2D eigenvalue weighted by atomic mass is 9.85. The molecule has 0 saturated carbocycles. The highest BCUT2D eigenvalue weighted by Crippen LogP contribution is 2.29. The maximum absolute atomic E-state index is 9.13. The van der Waals surface area contributed by atoms with E-state index in [9.17, 15) is 0 Å². The first-order chi connectivity index (χ1) is 8.38. The molecule has 0 fully saturated rings. The molecule has 1 atom stereocenters. The molecule has 98 valence electrons. The number of aliphatic hydroxyl groups is 1. The minimum atomic E-state index is 0.0517. The number of benzene rings is 1. The second-order valence-corrected chi connectivity index (χ2v) is 6.24. The third-order valence-electron chi connectivity index (χ3n) is 2.89. The average Bonchev–Trinajstić information content (AvgIpc) is 2.29. The molecule has 1 aromatic rings. The predicted octanol–water partition coefficient (Wildman–Crippen LogP) is 3.53. The summed E-state index contributed by atoms with van der Waals surface area (Å²) in [6.07, 6.45) is 0.690. The van der Waals surface area contributed by atoms with Crippen LogP contribution in [0.1, 0.15) is 32.8 Å². The fraction of sp³-hybridized carbons (Fsp3) is 0.500. The summed E-state index contributed by atoms with van der Waals surface area (Å²) in [4.78, 5) is 0. The minimum absolute atomic E-state index is 0.0517. The van der Waals surface area contributed by atoms with Gasteiger partial charge in [0.2, 0.25) is 0 Å². The molecule has 1 rings (SSSR count). The van der Waals surface area contributed by atoms with Crippen LogP contribution < -0.4 is 5.32 Å². The van der Waals surface area contributed by atoms with Crippen LogP contribution in [0.3, 0.4) is 0 Å². The number of hydrogen-bond donors (Lipinski definition) is 2. The lowest BCUT2D eigenvalue weighted by molar-refractivity contribution is 0.235. The van der Waals surface area contributed by atoms with E-state index in [0.717, 1.165) is 10.2 Å². The number of nitriles is 1. The van der Waals surface area contributed by atoms with Gasteiger partial charge in [0.1, 0.15) is 0 Å². The summed E-state index contributed by atoms with van der Waals surface area (Å²) in [6.45, 7) is 6.57. The van der Waals surface area contributed by atoms with E-state index in [1.54, 1.807) is 12.1 Å². The third-order valence-corrected chi connectivity index (χ3v) is 3.55. The Morgan fingerprint density at radius 3 is 2.56 bits per heavy atom. The van der Waals surface area contributed by atoms with Crippen LogP contribution in [0.5, 0.6) is 0 Å². The lowest BCUT2D eigenvalue weighted by Gasteiger charge is -2.32. The molecule has 2 N–H and O–H groups in total. The lowest BCUT2D eigenvalue weighted by Crippen LogP contribution is -2.34. The minimum Gasteiger partial charge on any atom is -0.396 e. The van der Waals surface area contributed by atoms with Crippen molar-refractivity contribution in [2.24, 2.45) is 5.41 Å². The van der Waals surface area contributed by atoms with Crippen LogP contribution in [0.25, 0.3) is 0 Å². The number of hydrogen-bond acceptors (Lipinski definition) is 3. The highest BCUT2D eigenvalue weighted by Gasteiger charge is 2.24. The molecule has 4 heteroatoms. The first kappa shape index (κ1) is 15.0. The number of nitrogens with zero attached hydrogens (tertiary/aromatic N) is 1. The van der Waals surface area contributed by atoms with Crippen LogP contribution in [0.2, 0.25) is 0 Å². The number of anilines is 1. The molecule has 0 bridgehead atoms. The number of aliphatic hydroxyl groups excluding tert-OH is 1. The second kappa shape index (κ2) is 6.21. The van der Waals surface area contributed by atoms with Gasteiger partial charge in [0.05, 0.1) is 11.6 Å². The molecule has 0 amide bonds. The van der Waals surface area contributed by atoms with Gasteiger partial charge in [-0.2, -0.15) is 5.26 Å². The van der Waals surface area contributed by atoms with Gasteiger partial charge in [-0.15, -0.1) is 0 Å². The van der Waals surface area contributed by atoms with E-state index >= 15 is 0 Å². The maximum atomic E-state index is 9.13. The molecule has 1 unspecified atom stereocenters. The molecule has 1 aromatic carbocycles. The summed E-state index contributed by atoms with van der Waals surface area (Å²) in [5.41, 5.74) is 1.63. The summed E-state index contributed by atoms with van der Waals surface area (Å²) < 4.78 is 0.869. The van der Waals surface area contributed by atoms with Crippen LogP contribution in [0.15, 0.2) is 22.7 Å². The van der Waals surface area contributed by atoms with E-state index < -0.39 is 0 Å². The normalized spacial score (nSPS) is 12.9. The fourth-order valence-electron chi connectivity index (χ4n) is 1.74. The van der Waals surface area contributed by atoms with E-state index in [0.29, 0.717) is 12.0 Å². The summed E-state index contributed by atoms with van der Waals surface area (Å²) in [5, 5.41) is 21.4. The summed E-state index contributed by atoms with van der Waals surface area (Å²) >= 11 is 3.46. The van der Waals surface area contributed by atoms with Crippen LogP contribution in [0, 0.1) is 16.7 Å². The van der Waals surface area contributed by atoms with Gasteiger partial charge in [0.15, 0.2) is 0 Å². The topological polar surface area (TPSA) is 56.0 Å². The van der Waals surface area contributed by atoms with Crippen molar-refractivity contribution < 1.29 is 5.11 Å². The Morgan fingerprint density at radius 1 is 1.44 bits per heavy atom. The zero-order valence-electron chi connectivity index (χ0n) is 11.0. The van der Waals surface area contributed by atoms with Crippen molar-refractivity contribution in [1.29, 1.82) is 5.26 Å². The van der Waals surface area contributed by atoms with Crippen molar-refractivity contribution in [3.8, 4) is 6.07 Å². The van der Waals surface area contributed by atoms with Crippen molar-refractivity contribution >= 4 is 21.6 Å². The second-order valence-electron chi connectivity index (χ2n) is 5.38.